The van der Waals surface area contributed by atoms with Crippen LogP contribution in [0.3, 0.4) is 0 Å². The minimum atomic E-state index is -1.56. The van der Waals surface area contributed by atoms with Gasteiger partial charge in [0.25, 0.3) is 0 Å². The molecule has 4 amide bonds. The molecule has 13 heteroatoms. The molecule has 0 aromatic heterocycles. The van der Waals surface area contributed by atoms with Gasteiger partial charge in [0.2, 0.25) is 23.6 Å². The first-order valence-electron chi connectivity index (χ1n) is 8.44. The van der Waals surface area contributed by atoms with Crippen molar-refractivity contribution >= 4 is 35.6 Å². The van der Waals surface area contributed by atoms with Crippen LogP contribution in [0.25, 0.3) is 0 Å². The Balaban J connectivity index is 2.59. The highest BCUT2D eigenvalue weighted by atomic mass is 16.4. The standard InChI is InChI=1S/C15H23N5O8/c16-10(21)4-9(15(27)28)19-11(22)6-18-13(25)8(5-12(23)24)20-14(26)7-2-1-3-17-7/h7-9,17H,1-6H2,(H2,16,21)(H,18,25)(H,19,22)(H,20,26)(H,23,24)(H,27,28). The molecule has 8 N–H and O–H groups in total. The van der Waals surface area contributed by atoms with Crippen molar-refractivity contribution in [3.05, 3.63) is 0 Å². The molecule has 0 radical (unpaired) electrons. The number of hydrogen-bond acceptors (Lipinski definition) is 7. The van der Waals surface area contributed by atoms with Crippen molar-refractivity contribution in [3.8, 4) is 0 Å². The maximum atomic E-state index is 12.2. The van der Waals surface area contributed by atoms with Gasteiger partial charge in [-0.1, -0.05) is 0 Å². The third kappa shape index (κ3) is 7.99. The molecule has 0 aromatic rings. The second-order valence-corrected chi connectivity index (χ2v) is 6.15. The summed E-state index contributed by atoms with van der Waals surface area (Å²) in [7, 11) is 0. The van der Waals surface area contributed by atoms with Crippen molar-refractivity contribution in [3.63, 3.8) is 0 Å². The highest BCUT2D eigenvalue weighted by Crippen LogP contribution is 2.05. The fourth-order valence-corrected chi connectivity index (χ4v) is 2.50. The molecule has 0 aliphatic carbocycles. The number of nitrogens with two attached hydrogens (primary N) is 1. The van der Waals surface area contributed by atoms with Crippen LogP contribution in [-0.2, 0) is 28.8 Å². The summed E-state index contributed by atoms with van der Waals surface area (Å²) in [6.45, 7) is -0.0564. The number of carboxylic acid groups (broad SMARTS) is 2. The smallest absolute Gasteiger partial charge is 0.326 e. The molecule has 1 aliphatic rings. The number of aliphatic carboxylic acids is 2. The number of nitrogens with one attached hydrogen (secondary N) is 4. The summed E-state index contributed by atoms with van der Waals surface area (Å²) in [6.07, 6.45) is -0.0252. The first kappa shape index (κ1) is 22.8. The molecule has 1 heterocycles. The van der Waals surface area contributed by atoms with Crippen molar-refractivity contribution in [2.24, 2.45) is 5.73 Å². The van der Waals surface area contributed by atoms with E-state index in [1.165, 1.54) is 0 Å². The lowest BCUT2D eigenvalue weighted by molar-refractivity contribution is -0.143. The molecule has 1 fully saturated rings. The molecule has 0 spiro atoms. The predicted octanol–water partition coefficient (Wildman–Crippen LogP) is -3.74. The number of amides is 4. The third-order valence-electron chi connectivity index (χ3n) is 3.85. The average molecular weight is 401 g/mol. The molecule has 1 rings (SSSR count). The van der Waals surface area contributed by atoms with E-state index in [0.717, 1.165) is 6.42 Å². The highest BCUT2D eigenvalue weighted by Gasteiger charge is 2.29. The lowest BCUT2D eigenvalue weighted by atomic mass is 10.1. The SMILES string of the molecule is NC(=O)CC(NC(=O)CNC(=O)C(CC(=O)O)NC(=O)C1CCCN1)C(=O)O. The molecule has 3 unspecified atom stereocenters. The fourth-order valence-electron chi connectivity index (χ4n) is 2.50. The number of carbonyl (C=O) groups is 6. The van der Waals surface area contributed by atoms with E-state index in [9.17, 15) is 28.8 Å². The summed E-state index contributed by atoms with van der Waals surface area (Å²) in [6, 6.07) is -3.51. The first-order valence-corrected chi connectivity index (χ1v) is 8.44. The Labute approximate surface area is 159 Å². The fraction of sp³-hybridized carbons (Fsp3) is 0.600. The minimum Gasteiger partial charge on any atom is -0.481 e. The van der Waals surface area contributed by atoms with Gasteiger partial charge in [0.15, 0.2) is 0 Å². The Hall–Kier alpha value is -3.22. The molecule has 1 aliphatic heterocycles. The summed E-state index contributed by atoms with van der Waals surface area (Å²) in [5.41, 5.74) is 4.89. The Morgan fingerprint density at radius 1 is 1.04 bits per heavy atom. The van der Waals surface area contributed by atoms with Gasteiger partial charge in [0.05, 0.1) is 25.4 Å². The zero-order valence-electron chi connectivity index (χ0n) is 14.9. The monoisotopic (exact) mass is 401 g/mol. The summed E-state index contributed by atoms with van der Waals surface area (Å²) >= 11 is 0. The van der Waals surface area contributed by atoms with Crippen LogP contribution in [-0.4, -0.2) is 77.0 Å². The highest BCUT2D eigenvalue weighted by molar-refractivity contribution is 5.95. The minimum absolute atomic E-state index is 0.530. The van der Waals surface area contributed by atoms with E-state index in [1.54, 1.807) is 0 Å². The van der Waals surface area contributed by atoms with E-state index >= 15 is 0 Å². The topological polar surface area (TPSA) is 217 Å². The first-order chi connectivity index (χ1) is 13.1. The molecule has 3 atom stereocenters. The largest absolute Gasteiger partial charge is 0.481 e. The molecule has 13 nitrogen and oxygen atoms in total. The van der Waals surface area contributed by atoms with Crippen molar-refractivity contribution in [1.82, 2.24) is 21.3 Å². The quantitative estimate of drug-likeness (QED) is 0.181. The van der Waals surface area contributed by atoms with Gasteiger partial charge in [0, 0.05) is 0 Å². The number of primary amides is 1. The molecule has 28 heavy (non-hydrogen) atoms. The molecule has 0 aromatic carbocycles. The second kappa shape index (κ2) is 10.8. The Morgan fingerprint density at radius 3 is 2.21 bits per heavy atom. The molecule has 156 valence electrons. The number of carboxylic acids is 2. The second-order valence-electron chi connectivity index (χ2n) is 6.15. The average Bonchev–Trinajstić information content (AvgIpc) is 3.12. The molecule has 1 saturated heterocycles. The van der Waals surface area contributed by atoms with Crippen molar-refractivity contribution < 1.29 is 39.0 Å². The van der Waals surface area contributed by atoms with Crippen LogP contribution >= 0.6 is 0 Å². The van der Waals surface area contributed by atoms with Crippen molar-refractivity contribution in [1.29, 1.82) is 0 Å². The van der Waals surface area contributed by atoms with E-state index in [-0.39, 0.29) is 0 Å². The summed E-state index contributed by atoms with van der Waals surface area (Å²) in [5, 5.41) is 27.2. The van der Waals surface area contributed by atoms with E-state index in [0.29, 0.717) is 13.0 Å². The number of rotatable bonds is 11. The zero-order valence-corrected chi connectivity index (χ0v) is 14.9. The zero-order chi connectivity index (χ0) is 21.3. The van der Waals surface area contributed by atoms with Gasteiger partial charge in [-0.05, 0) is 19.4 Å². The predicted molar refractivity (Wildman–Crippen MR) is 91.6 cm³/mol. The third-order valence-corrected chi connectivity index (χ3v) is 3.85. The normalized spacial score (nSPS) is 17.8. The van der Waals surface area contributed by atoms with Gasteiger partial charge < -0.3 is 37.2 Å². The summed E-state index contributed by atoms with van der Waals surface area (Å²) in [4.78, 5) is 68.7. The van der Waals surface area contributed by atoms with E-state index in [2.05, 4.69) is 16.0 Å². The molecular weight excluding hydrogens is 378 g/mol. The van der Waals surface area contributed by atoms with E-state index in [1.807, 2.05) is 5.32 Å². The molecular formula is C15H23N5O8. The van der Waals surface area contributed by atoms with Gasteiger partial charge in [-0.3, -0.25) is 24.0 Å². The maximum Gasteiger partial charge on any atom is 0.326 e. The van der Waals surface area contributed by atoms with Crippen molar-refractivity contribution in [2.75, 3.05) is 13.1 Å². The van der Waals surface area contributed by atoms with Crippen LogP contribution < -0.4 is 27.0 Å². The van der Waals surface area contributed by atoms with E-state index in [4.69, 9.17) is 15.9 Å². The molecule has 0 bridgehead atoms. The van der Waals surface area contributed by atoms with Gasteiger partial charge in [-0.2, -0.15) is 0 Å². The number of carbonyl (C=O) groups excluding carboxylic acids is 4. The van der Waals surface area contributed by atoms with E-state index < -0.39 is 73.1 Å². The number of hydrogen-bond donors (Lipinski definition) is 7. The van der Waals surface area contributed by atoms with Gasteiger partial charge in [-0.15, -0.1) is 0 Å². The summed E-state index contributed by atoms with van der Waals surface area (Å²) < 4.78 is 0. The Morgan fingerprint density at radius 2 is 1.71 bits per heavy atom. The van der Waals surface area contributed by atoms with Crippen LogP contribution in [0.15, 0.2) is 0 Å². The summed E-state index contributed by atoms with van der Waals surface area (Å²) in [5.74, 6) is -6.15. The molecule has 0 saturated carbocycles. The maximum absolute atomic E-state index is 12.2. The van der Waals surface area contributed by atoms with Crippen LogP contribution in [0.2, 0.25) is 0 Å². The van der Waals surface area contributed by atoms with Crippen LogP contribution in [0, 0.1) is 0 Å². The lowest BCUT2D eigenvalue weighted by Gasteiger charge is -2.19. The van der Waals surface area contributed by atoms with Gasteiger partial charge in [-0.25, -0.2) is 4.79 Å². The van der Waals surface area contributed by atoms with Crippen LogP contribution in [0.5, 0.6) is 0 Å². The Bertz CT molecular complexity index is 646. The van der Waals surface area contributed by atoms with Gasteiger partial charge >= 0.3 is 11.9 Å². The van der Waals surface area contributed by atoms with Crippen LogP contribution in [0.1, 0.15) is 25.7 Å². The van der Waals surface area contributed by atoms with Crippen molar-refractivity contribution in [2.45, 2.75) is 43.8 Å². The Kier molecular flexibility index (Phi) is 8.81. The van der Waals surface area contributed by atoms with Gasteiger partial charge in [0.1, 0.15) is 12.1 Å². The lowest BCUT2D eigenvalue weighted by Crippen LogP contribution is -2.54. The van der Waals surface area contributed by atoms with Crippen LogP contribution in [0.4, 0.5) is 0 Å².